The molecule has 3 nitrogen and oxygen atoms in total. The lowest BCUT2D eigenvalue weighted by Gasteiger charge is -2.63. The Labute approximate surface area is 126 Å². The summed E-state index contributed by atoms with van der Waals surface area (Å²) >= 11 is 0. The standard InChI is InChI=1S/C18H24O3/c1-11-8-17(3)15-12(2)18(11,9-19)10-20-16(15)13-6-4-5-7-14(13)21-17/h4-7,11-12,15-16,19H,8-10H2,1-3H3/t11-,12+,15-,16-,17-,18+/m1/s1. The molecule has 21 heavy (non-hydrogen) atoms. The van der Waals surface area contributed by atoms with Crippen LogP contribution in [0, 0.1) is 23.2 Å². The minimum Gasteiger partial charge on any atom is -0.487 e. The number of rotatable bonds is 1. The highest BCUT2D eigenvalue weighted by Gasteiger charge is 2.64. The number of aliphatic hydroxyl groups excluding tert-OH is 1. The van der Waals surface area contributed by atoms with E-state index in [4.69, 9.17) is 9.47 Å². The molecule has 0 aromatic heterocycles. The molecule has 1 saturated carbocycles. The maximum Gasteiger partial charge on any atom is 0.125 e. The molecule has 1 saturated heterocycles. The number of ether oxygens (including phenoxy) is 2. The summed E-state index contributed by atoms with van der Waals surface area (Å²) in [6.45, 7) is 7.60. The van der Waals surface area contributed by atoms with Crippen LogP contribution in [0.4, 0.5) is 0 Å². The summed E-state index contributed by atoms with van der Waals surface area (Å²) in [5, 5.41) is 10.1. The highest BCUT2D eigenvalue weighted by Crippen LogP contribution is 2.63. The van der Waals surface area contributed by atoms with Crippen LogP contribution in [0.25, 0.3) is 0 Å². The van der Waals surface area contributed by atoms with E-state index in [1.807, 2.05) is 6.07 Å². The molecule has 1 aliphatic carbocycles. The highest BCUT2D eigenvalue weighted by atomic mass is 16.5. The molecule has 4 rings (SSSR count). The second kappa shape index (κ2) is 4.23. The molecule has 1 aromatic carbocycles. The van der Waals surface area contributed by atoms with Crippen molar-refractivity contribution in [1.82, 2.24) is 0 Å². The van der Waals surface area contributed by atoms with E-state index in [1.165, 1.54) is 5.56 Å². The Balaban J connectivity index is 1.87. The second-order valence-electron chi connectivity index (χ2n) is 7.50. The lowest BCUT2D eigenvalue weighted by atomic mass is 9.50. The average Bonchev–Trinajstić information content (AvgIpc) is 2.46. The van der Waals surface area contributed by atoms with Crippen LogP contribution in [0.2, 0.25) is 0 Å². The molecule has 6 atom stereocenters. The van der Waals surface area contributed by atoms with E-state index in [-0.39, 0.29) is 23.7 Å². The molecular formula is C18H24O3. The molecule has 2 aliphatic heterocycles. The number of benzene rings is 1. The Morgan fingerprint density at radius 2 is 2.05 bits per heavy atom. The first-order valence-corrected chi connectivity index (χ1v) is 8.02. The number of para-hydroxylation sites is 1. The van der Waals surface area contributed by atoms with Crippen molar-refractivity contribution in [1.29, 1.82) is 0 Å². The van der Waals surface area contributed by atoms with Gasteiger partial charge in [-0.3, -0.25) is 0 Å². The van der Waals surface area contributed by atoms with Crippen LogP contribution >= 0.6 is 0 Å². The summed E-state index contributed by atoms with van der Waals surface area (Å²) in [4.78, 5) is 0. The van der Waals surface area contributed by atoms with Crippen molar-refractivity contribution in [2.45, 2.75) is 38.9 Å². The van der Waals surface area contributed by atoms with Crippen LogP contribution in [-0.2, 0) is 4.74 Å². The third-order valence-electron chi connectivity index (χ3n) is 6.56. The highest BCUT2D eigenvalue weighted by molar-refractivity contribution is 5.40. The summed E-state index contributed by atoms with van der Waals surface area (Å²) in [7, 11) is 0. The number of fused-ring (bicyclic) bond motifs is 3. The summed E-state index contributed by atoms with van der Waals surface area (Å²) in [5.74, 6) is 2.07. The summed E-state index contributed by atoms with van der Waals surface area (Å²) in [6.07, 6.45) is 1.08. The van der Waals surface area contributed by atoms with Crippen molar-refractivity contribution in [2.75, 3.05) is 13.2 Å². The fraction of sp³-hybridized carbons (Fsp3) is 0.667. The van der Waals surface area contributed by atoms with E-state index in [0.29, 0.717) is 24.4 Å². The van der Waals surface area contributed by atoms with Crippen LogP contribution in [0.3, 0.4) is 0 Å². The summed E-state index contributed by atoms with van der Waals surface area (Å²) in [5.41, 5.74) is 0.862. The van der Waals surface area contributed by atoms with E-state index < -0.39 is 0 Å². The summed E-state index contributed by atoms with van der Waals surface area (Å²) in [6, 6.07) is 8.26. The smallest absolute Gasteiger partial charge is 0.125 e. The molecule has 3 heteroatoms. The molecule has 2 fully saturated rings. The van der Waals surface area contributed by atoms with Crippen LogP contribution < -0.4 is 4.74 Å². The third kappa shape index (κ3) is 1.56. The maximum absolute atomic E-state index is 10.1. The zero-order chi connectivity index (χ0) is 14.8. The minimum absolute atomic E-state index is 0.0992. The third-order valence-corrected chi connectivity index (χ3v) is 6.56. The monoisotopic (exact) mass is 288 g/mol. The fourth-order valence-electron chi connectivity index (χ4n) is 5.29. The van der Waals surface area contributed by atoms with E-state index in [1.54, 1.807) is 0 Å². The van der Waals surface area contributed by atoms with Gasteiger partial charge < -0.3 is 14.6 Å². The first-order valence-electron chi connectivity index (χ1n) is 8.02. The zero-order valence-corrected chi connectivity index (χ0v) is 13.0. The molecule has 0 unspecified atom stereocenters. The topological polar surface area (TPSA) is 38.7 Å². The molecule has 2 heterocycles. The van der Waals surface area contributed by atoms with Crippen molar-refractivity contribution in [3.8, 4) is 5.75 Å². The predicted octanol–water partition coefficient (Wildman–Crippen LogP) is 3.18. The van der Waals surface area contributed by atoms with Gasteiger partial charge in [0.25, 0.3) is 0 Å². The van der Waals surface area contributed by atoms with Crippen molar-refractivity contribution in [2.24, 2.45) is 23.2 Å². The Morgan fingerprint density at radius 3 is 2.81 bits per heavy atom. The average molecular weight is 288 g/mol. The molecule has 0 amide bonds. The molecule has 3 aliphatic rings. The molecule has 1 aromatic rings. The first-order chi connectivity index (χ1) is 10.0. The van der Waals surface area contributed by atoms with E-state index in [0.717, 1.165) is 12.2 Å². The van der Waals surface area contributed by atoms with Gasteiger partial charge in [-0.1, -0.05) is 32.0 Å². The van der Waals surface area contributed by atoms with Gasteiger partial charge >= 0.3 is 0 Å². The van der Waals surface area contributed by atoms with Gasteiger partial charge in [0.05, 0.1) is 19.3 Å². The van der Waals surface area contributed by atoms with Gasteiger partial charge in [-0.15, -0.1) is 0 Å². The van der Waals surface area contributed by atoms with Crippen LogP contribution in [0.15, 0.2) is 24.3 Å². The van der Waals surface area contributed by atoms with Crippen molar-refractivity contribution in [3.63, 3.8) is 0 Å². The van der Waals surface area contributed by atoms with Gasteiger partial charge in [0.2, 0.25) is 0 Å². The molecule has 1 N–H and O–H groups in total. The Kier molecular flexibility index (Phi) is 2.74. The number of hydrogen-bond acceptors (Lipinski definition) is 3. The van der Waals surface area contributed by atoms with E-state index >= 15 is 0 Å². The van der Waals surface area contributed by atoms with E-state index in [9.17, 15) is 5.11 Å². The van der Waals surface area contributed by atoms with Crippen LogP contribution in [-0.4, -0.2) is 23.9 Å². The molecule has 114 valence electrons. The fourth-order valence-corrected chi connectivity index (χ4v) is 5.29. The van der Waals surface area contributed by atoms with E-state index in [2.05, 4.69) is 39.0 Å². The lowest BCUT2D eigenvalue weighted by molar-refractivity contribution is -0.260. The van der Waals surface area contributed by atoms with Crippen LogP contribution in [0.5, 0.6) is 5.75 Å². The van der Waals surface area contributed by atoms with Gasteiger partial charge in [0.15, 0.2) is 0 Å². The normalized spacial score (nSPS) is 47.4. The lowest BCUT2D eigenvalue weighted by Crippen LogP contribution is -2.65. The largest absolute Gasteiger partial charge is 0.487 e. The maximum atomic E-state index is 10.1. The first kappa shape index (κ1) is 13.6. The molecule has 0 radical (unpaired) electrons. The van der Waals surface area contributed by atoms with Gasteiger partial charge in [0.1, 0.15) is 11.4 Å². The number of hydrogen-bond donors (Lipinski definition) is 1. The minimum atomic E-state index is -0.197. The molecule has 0 spiro atoms. The van der Waals surface area contributed by atoms with Gasteiger partial charge in [-0.2, -0.15) is 0 Å². The Hall–Kier alpha value is -1.06. The van der Waals surface area contributed by atoms with Crippen molar-refractivity contribution < 1.29 is 14.6 Å². The number of aliphatic hydroxyl groups is 1. The van der Waals surface area contributed by atoms with Gasteiger partial charge in [0, 0.05) is 16.9 Å². The van der Waals surface area contributed by atoms with Crippen molar-refractivity contribution >= 4 is 0 Å². The van der Waals surface area contributed by atoms with Gasteiger partial charge in [-0.05, 0) is 31.2 Å². The second-order valence-corrected chi connectivity index (χ2v) is 7.50. The summed E-state index contributed by atoms with van der Waals surface area (Å²) < 4.78 is 12.7. The molecule has 2 bridgehead atoms. The predicted molar refractivity (Wildman–Crippen MR) is 80.1 cm³/mol. The Morgan fingerprint density at radius 1 is 1.29 bits per heavy atom. The molecular weight excluding hydrogens is 264 g/mol. The van der Waals surface area contributed by atoms with Crippen LogP contribution in [0.1, 0.15) is 38.9 Å². The van der Waals surface area contributed by atoms with Gasteiger partial charge in [-0.25, -0.2) is 0 Å². The quantitative estimate of drug-likeness (QED) is 0.862. The Bertz CT molecular complexity index is 571. The van der Waals surface area contributed by atoms with Crippen molar-refractivity contribution in [3.05, 3.63) is 29.8 Å². The zero-order valence-electron chi connectivity index (χ0n) is 13.0. The SMILES string of the molecule is C[C@@H]1C[C@@]2(C)Oc3ccccc3[C@H]3OC[C@]1(CO)[C@@H](C)[C@H]32.